The van der Waals surface area contributed by atoms with Gasteiger partial charge in [-0.1, -0.05) is 25.2 Å². The van der Waals surface area contributed by atoms with E-state index in [2.05, 4.69) is 59.7 Å². The zero-order valence-electron chi connectivity index (χ0n) is 16.9. The molecule has 2 nitrogen and oxygen atoms in total. The molecule has 24 heavy (non-hydrogen) atoms. The number of rotatable bonds is 9. The summed E-state index contributed by atoms with van der Waals surface area (Å²) < 4.78 is 13.5. The third-order valence-corrected chi connectivity index (χ3v) is 17.3. The van der Waals surface area contributed by atoms with Gasteiger partial charge in [0.2, 0.25) is 0 Å². The average molecular weight is 383 g/mol. The van der Waals surface area contributed by atoms with Crippen LogP contribution >= 0.6 is 0 Å². The van der Waals surface area contributed by atoms with E-state index in [1.54, 1.807) is 0 Å². The standard InChI is InChI=1S/C19H38O2Si3/c1-10-22(5,6)20-24(9,21-23(7,8)11-2)15-17-12-13-19(16(3)4)14-18(17)19/h10-11,16-18H,1-2,12-15H2,3-9H3. The molecule has 0 bridgehead atoms. The molecule has 2 aliphatic carbocycles. The first-order chi connectivity index (χ1) is 10.9. The van der Waals surface area contributed by atoms with E-state index in [-0.39, 0.29) is 0 Å². The maximum atomic E-state index is 6.76. The highest BCUT2D eigenvalue weighted by atomic mass is 28.5. The highest BCUT2D eigenvalue weighted by Crippen LogP contribution is 2.70. The minimum atomic E-state index is -2.23. The summed E-state index contributed by atoms with van der Waals surface area (Å²) in [5.74, 6) is 2.53. The Morgan fingerprint density at radius 1 is 1.04 bits per heavy atom. The van der Waals surface area contributed by atoms with E-state index in [0.717, 1.165) is 23.8 Å². The fraction of sp³-hybridized carbons (Fsp3) is 0.789. The van der Waals surface area contributed by atoms with Crippen LogP contribution in [0.5, 0.6) is 0 Å². The summed E-state index contributed by atoms with van der Waals surface area (Å²) in [7, 11) is -5.94. The molecule has 0 aromatic rings. The van der Waals surface area contributed by atoms with Gasteiger partial charge in [0.15, 0.2) is 16.6 Å². The van der Waals surface area contributed by atoms with E-state index in [4.69, 9.17) is 8.23 Å². The summed E-state index contributed by atoms with van der Waals surface area (Å²) in [6.45, 7) is 24.1. The molecule has 2 aliphatic rings. The van der Waals surface area contributed by atoms with E-state index in [1.807, 2.05) is 11.4 Å². The van der Waals surface area contributed by atoms with E-state index >= 15 is 0 Å². The third kappa shape index (κ3) is 4.23. The van der Waals surface area contributed by atoms with Gasteiger partial charge >= 0.3 is 8.56 Å². The summed E-state index contributed by atoms with van der Waals surface area (Å²) in [6.07, 6.45) is 4.21. The van der Waals surface area contributed by atoms with Crippen molar-refractivity contribution in [2.75, 3.05) is 0 Å². The summed E-state index contributed by atoms with van der Waals surface area (Å²) in [5, 5.41) is 0. The van der Waals surface area contributed by atoms with Crippen molar-refractivity contribution in [3.8, 4) is 0 Å². The van der Waals surface area contributed by atoms with Gasteiger partial charge in [-0.05, 0) is 81.2 Å². The predicted octanol–water partition coefficient (Wildman–Crippen LogP) is 6.02. The molecule has 0 N–H and O–H groups in total. The molecule has 0 aliphatic heterocycles. The molecule has 0 radical (unpaired) electrons. The Hall–Kier alpha value is 0.0506. The number of hydrogen-bond donors (Lipinski definition) is 0. The van der Waals surface area contributed by atoms with Crippen molar-refractivity contribution in [3.63, 3.8) is 0 Å². The first-order valence-electron chi connectivity index (χ1n) is 9.56. The molecule has 5 heteroatoms. The second-order valence-electron chi connectivity index (χ2n) is 9.65. The fourth-order valence-electron chi connectivity index (χ4n) is 4.90. The first-order valence-corrected chi connectivity index (χ1v) is 18.1. The van der Waals surface area contributed by atoms with E-state index in [9.17, 15) is 0 Å². The quantitative estimate of drug-likeness (QED) is 0.454. The Kier molecular flexibility index (Phi) is 5.64. The maximum Gasteiger partial charge on any atom is 0.315 e. The molecule has 3 atom stereocenters. The molecule has 0 heterocycles. The lowest BCUT2D eigenvalue weighted by atomic mass is 9.90. The molecule has 2 rings (SSSR count). The van der Waals surface area contributed by atoms with Gasteiger partial charge < -0.3 is 8.23 Å². The van der Waals surface area contributed by atoms with Crippen LogP contribution in [0.3, 0.4) is 0 Å². The highest BCUT2D eigenvalue weighted by Gasteiger charge is 2.63. The van der Waals surface area contributed by atoms with Gasteiger partial charge in [-0.2, -0.15) is 0 Å². The highest BCUT2D eigenvalue weighted by molar-refractivity contribution is 6.91. The molecular weight excluding hydrogens is 344 g/mol. The van der Waals surface area contributed by atoms with Crippen LogP contribution in [0.4, 0.5) is 0 Å². The normalized spacial score (nSPS) is 30.3. The molecule has 0 aromatic heterocycles. The smallest absolute Gasteiger partial charge is 0.315 e. The number of hydrogen-bond acceptors (Lipinski definition) is 2. The zero-order chi connectivity index (χ0) is 18.4. The van der Waals surface area contributed by atoms with Crippen LogP contribution in [0, 0.1) is 23.2 Å². The summed E-state index contributed by atoms with van der Waals surface area (Å²) in [4.78, 5) is 0. The van der Waals surface area contributed by atoms with Crippen LogP contribution in [0.25, 0.3) is 0 Å². The zero-order valence-corrected chi connectivity index (χ0v) is 19.9. The molecule has 0 spiro atoms. The SMILES string of the molecule is C=C[Si](C)(C)O[Si](C)(CC1CCC2(C(C)C)CC12)O[Si](C)(C)C=C. The second-order valence-corrected chi connectivity index (χ2v) is 21.2. The van der Waals surface area contributed by atoms with Crippen molar-refractivity contribution in [3.05, 3.63) is 24.6 Å². The van der Waals surface area contributed by atoms with Gasteiger partial charge in [0.1, 0.15) is 0 Å². The number of fused-ring (bicyclic) bond motifs is 1. The Labute approximate surface area is 153 Å². The second kappa shape index (κ2) is 6.65. The van der Waals surface area contributed by atoms with Gasteiger partial charge in [0.25, 0.3) is 0 Å². The van der Waals surface area contributed by atoms with Crippen molar-refractivity contribution < 1.29 is 8.23 Å². The van der Waals surface area contributed by atoms with Crippen LogP contribution in [-0.4, -0.2) is 25.2 Å². The van der Waals surface area contributed by atoms with Gasteiger partial charge in [-0.3, -0.25) is 0 Å². The van der Waals surface area contributed by atoms with Gasteiger partial charge in [0, 0.05) is 0 Å². The molecule has 0 amide bonds. The Balaban J connectivity index is 2.15. The van der Waals surface area contributed by atoms with Gasteiger partial charge in [-0.15, -0.1) is 13.2 Å². The van der Waals surface area contributed by atoms with Crippen molar-refractivity contribution in [1.29, 1.82) is 0 Å². The van der Waals surface area contributed by atoms with Gasteiger partial charge in [0.05, 0.1) is 0 Å². The molecule has 2 saturated carbocycles. The Morgan fingerprint density at radius 2 is 1.54 bits per heavy atom. The van der Waals surface area contributed by atoms with Crippen LogP contribution < -0.4 is 0 Å². The van der Waals surface area contributed by atoms with E-state index in [0.29, 0.717) is 5.41 Å². The van der Waals surface area contributed by atoms with Gasteiger partial charge in [-0.25, -0.2) is 0 Å². The van der Waals surface area contributed by atoms with E-state index in [1.165, 1.54) is 19.3 Å². The van der Waals surface area contributed by atoms with Crippen LogP contribution in [-0.2, 0) is 8.23 Å². The minimum absolute atomic E-state index is 0.650. The lowest BCUT2D eigenvalue weighted by molar-refractivity contribution is 0.338. The first kappa shape index (κ1) is 20.4. The van der Waals surface area contributed by atoms with Crippen LogP contribution in [0.15, 0.2) is 24.6 Å². The predicted molar refractivity (Wildman–Crippen MR) is 112 cm³/mol. The molecule has 0 saturated heterocycles. The maximum absolute atomic E-state index is 6.76. The van der Waals surface area contributed by atoms with Crippen LogP contribution in [0.1, 0.15) is 33.1 Å². The lowest BCUT2D eigenvalue weighted by Crippen LogP contribution is -2.54. The molecular formula is C19H38O2Si3. The van der Waals surface area contributed by atoms with Crippen molar-refractivity contribution in [2.24, 2.45) is 23.2 Å². The van der Waals surface area contributed by atoms with E-state index < -0.39 is 25.2 Å². The molecule has 3 unspecified atom stereocenters. The Bertz CT molecular complexity index is 479. The largest absolute Gasteiger partial charge is 0.433 e. The molecule has 0 aromatic carbocycles. The summed E-state index contributed by atoms with van der Waals surface area (Å²) >= 11 is 0. The topological polar surface area (TPSA) is 18.5 Å². The third-order valence-electron chi connectivity index (χ3n) is 6.45. The molecule has 138 valence electrons. The Morgan fingerprint density at radius 3 is 1.88 bits per heavy atom. The molecule has 2 fully saturated rings. The summed E-state index contributed by atoms with van der Waals surface area (Å²) in [6, 6.07) is 1.15. The average Bonchev–Trinajstić information content (AvgIpc) is 3.10. The monoisotopic (exact) mass is 382 g/mol. The van der Waals surface area contributed by atoms with Crippen molar-refractivity contribution in [2.45, 2.75) is 71.9 Å². The van der Waals surface area contributed by atoms with Crippen molar-refractivity contribution >= 4 is 25.2 Å². The minimum Gasteiger partial charge on any atom is -0.433 e. The summed E-state index contributed by atoms with van der Waals surface area (Å²) in [5.41, 5.74) is 4.75. The lowest BCUT2D eigenvalue weighted by Gasteiger charge is -2.40. The van der Waals surface area contributed by atoms with Crippen molar-refractivity contribution in [1.82, 2.24) is 0 Å². The van der Waals surface area contributed by atoms with Crippen LogP contribution in [0.2, 0.25) is 38.8 Å². The fourth-order valence-corrected chi connectivity index (χ4v) is 17.1.